The molecule has 1 fully saturated rings. The van der Waals surface area contributed by atoms with Crippen molar-refractivity contribution in [2.24, 2.45) is 5.92 Å². The summed E-state index contributed by atoms with van der Waals surface area (Å²) >= 11 is 3.71. The first-order chi connectivity index (χ1) is 28.0. The van der Waals surface area contributed by atoms with Crippen molar-refractivity contribution >= 4 is 64.5 Å². The molecular formula is C47H48BrN3O6Si. The van der Waals surface area contributed by atoms with E-state index in [0.29, 0.717) is 18.7 Å². The van der Waals surface area contributed by atoms with Crippen molar-refractivity contribution in [3.63, 3.8) is 0 Å². The van der Waals surface area contributed by atoms with Crippen LogP contribution in [0.4, 0.5) is 17.1 Å². The number of methoxy groups -OCH3 is 1. The molecule has 0 radical (unpaired) electrons. The number of hydrogen-bond acceptors (Lipinski definition) is 6. The zero-order valence-electron chi connectivity index (χ0n) is 33.2. The number of aliphatic hydroxyl groups excluding tert-OH is 1. The lowest BCUT2D eigenvalue weighted by Gasteiger charge is -2.39. The molecule has 1 spiro atoms. The Kier molecular flexibility index (Phi) is 10.9. The fraction of sp³-hybridized carbons (Fsp3) is 0.298. The molecule has 298 valence electrons. The number of amides is 3. The molecule has 58 heavy (non-hydrogen) atoms. The molecule has 9 nitrogen and oxygen atoms in total. The topological polar surface area (TPSA) is 99.6 Å². The van der Waals surface area contributed by atoms with Crippen LogP contribution >= 0.6 is 15.9 Å². The number of nitrogens with zero attached hydrogens (tertiary/aromatic N) is 3. The third-order valence-electron chi connectivity index (χ3n) is 12.7. The Bertz CT molecular complexity index is 2340. The number of halogens is 1. The Hall–Kier alpha value is -5.07. The van der Waals surface area contributed by atoms with Crippen molar-refractivity contribution in [2.75, 3.05) is 23.5 Å². The summed E-state index contributed by atoms with van der Waals surface area (Å²) in [5, 5.41) is 11.7. The highest BCUT2D eigenvalue weighted by atomic mass is 79.9. The Labute approximate surface area is 349 Å². The summed E-state index contributed by atoms with van der Waals surface area (Å²) in [6.07, 6.45) is 0.856. The van der Waals surface area contributed by atoms with Crippen LogP contribution in [0.5, 0.6) is 5.75 Å². The molecule has 3 amide bonds. The van der Waals surface area contributed by atoms with Crippen molar-refractivity contribution < 1.29 is 29.0 Å². The number of anilines is 3. The number of hydrogen-bond donors (Lipinski definition) is 1. The van der Waals surface area contributed by atoms with Crippen LogP contribution < -0.4 is 19.7 Å². The number of rotatable bonds is 11. The van der Waals surface area contributed by atoms with E-state index in [-0.39, 0.29) is 48.9 Å². The van der Waals surface area contributed by atoms with Crippen LogP contribution in [0, 0.1) is 5.92 Å². The van der Waals surface area contributed by atoms with Gasteiger partial charge in [-0.05, 0) is 83.2 Å². The molecule has 1 saturated heterocycles. The Morgan fingerprint density at radius 1 is 0.948 bits per heavy atom. The number of carbonyl (C=O) groups is 3. The smallest absolute Gasteiger partial charge is 0.264 e. The molecule has 11 heteroatoms. The summed E-state index contributed by atoms with van der Waals surface area (Å²) in [6, 6.07) is 38.9. The lowest BCUT2D eigenvalue weighted by molar-refractivity contribution is -0.151. The van der Waals surface area contributed by atoms with Gasteiger partial charge in [0.1, 0.15) is 5.75 Å². The minimum Gasteiger partial charge on any atom is -0.497 e. The molecule has 3 heterocycles. The van der Waals surface area contributed by atoms with Crippen molar-refractivity contribution in [1.29, 1.82) is 0 Å². The van der Waals surface area contributed by atoms with Gasteiger partial charge in [0, 0.05) is 33.9 Å². The predicted octanol–water partition coefficient (Wildman–Crippen LogP) is 7.85. The fourth-order valence-corrected chi connectivity index (χ4v) is 14.2. The summed E-state index contributed by atoms with van der Waals surface area (Å²) in [6.45, 7) is 7.24. The van der Waals surface area contributed by atoms with Crippen LogP contribution in [0.3, 0.4) is 0 Å². The second-order valence-corrected chi connectivity index (χ2v) is 21.8. The zero-order chi connectivity index (χ0) is 40.8. The van der Waals surface area contributed by atoms with Crippen LogP contribution in [0.2, 0.25) is 18.6 Å². The van der Waals surface area contributed by atoms with Gasteiger partial charge < -0.3 is 24.4 Å². The summed E-state index contributed by atoms with van der Waals surface area (Å²) < 4.78 is 13.7. The van der Waals surface area contributed by atoms with E-state index in [0.717, 1.165) is 50.3 Å². The molecular weight excluding hydrogens is 811 g/mol. The maximum Gasteiger partial charge on any atom is 0.264 e. The van der Waals surface area contributed by atoms with Gasteiger partial charge in [0.25, 0.3) is 5.91 Å². The average Bonchev–Trinajstić information content (AvgIpc) is 3.66. The van der Waals surface area contributed by atoms with E-state index in [2.05, 4.69) is 54.1 Å². The molecule has 0 saturated carbocycles. The third kappa shape index (κ3) is 6.87. The number of benzene rings is 5. The molecule has 8 rings (SSSR count). The van der Waals surface area contributed by atoms with E-state index in [4.69, 9.17) is 9.47 Å². The van der Waals surface area contributed by atoms with E-state index in [1.54, 1.807) is 21.8 Å². The SMILES string of the molecule is COc1ccc([Si](C)(C)[C@H]2[C@H](CC(=O)N3Cc4ccccc4C[C@H]3CO)O[C@@]3(C(=O)N(Cc4cccc(N(C=O)c5ccccc5)c4)c4ccc(Br)cc43)[C@@H]2C)cc1. The first-order valence-electron chi connectivity index (χ1n) is 19.8. The summed E-state index contributed by atoms with van der Waals surface area (Å²) in [5.41, 5.74) is 4.50. The Balaban J connectivity index is 1.18. The molecule has 5 atom stereocenters. The summed E-state index contributed by atoms with van der Waals surface area (Å²) in [5.74, 6) is 0.176. The summed E-state index contributed by atoms with van der Waals surface area (Å²) in [7, 11) is -0.888. The van der Waals surface area contributed by atoms with Gasteiger partial charge in [-0.3, -0.25) is 19.3 Å². The molecule has 0 aliphatic carbocycles. The van der Waals surface area contributed by atoms with Crippen LogP contribution in [-0.2, 0) is 44.2 Å². The molecule has 5 aromatic rings. The van der Waals surface area contributed by atoms with Gasteiger partial charge in [-0.1, -0.05) is 108 Å². The second kappa shape index (κ2) is 15.9. The normalized spacial score (nSPS) is 22.5. The average molecular weight is 859 g/mol. The van der Waals surface area contributed by atoms with E-state index < -0.39 is 19.8 Å². The molecule has 3 aliphatic heterocycles. The minimum atomic E-state index is -2.54. The standard InChI is InChI=1S/C47H48BrN3O6Si/c1-31-45(58(3,4)40-20-18-39(56-2)19-21-40)43(26-44(54)49-28-34-13-9-8-12-33(34)24-38(49)29-52)57-47(31)41-25-35(48)17-22-42(41)50(46(47)55)27-32-11-10-16-37(23-32)51(30-53)36-14-6-5-7-15-36/h5-23,25,30-31,38,43,45,52H,24,26-29H2,1-4H3/t31-,38+,43+,45-,47+/m1/s1. The second-order valence-electron chi connectivity index (χ2n) is 16.2. The maximum atomic E-state index is 15.5. The van der Waals surface area contributed by atoms with Gasteiger partial charge in [-0.15, -0.1) is 0 Å². The highest BCUT2D eigenvalue weighted by molar-refractivity contribution is 9.10. The number of para-hydroxylation sites is 1. The summed E-state index contributed by atoms with van der Waals surface area (Å²) in [4.78, 5) is 47.7. The van der Waals surface area contributed by atoms with Crippen molar-refractivity contribution in [1.82, 2.24) is 4.90 Å². The monoisotopic (exact) mass is 857 g/mol. The van der Waals surface area contributed by atoms with E-state index >= 15 is 4.79 Å². The molecule has 0 unspecified atom stereocenters. The number of aliphatic hydroxyl groups is 1. The van der Waals surface area contributed by atoms with Gasteiger partial charge in [-0.2, -0.15) is 0 Å². The van der Waals surface area contributed by atoms with Crippen LogP contribution in [0.1, 0.15) is 35.6 Å². The van der Waals surface area contributed by atoms with Crippen LogP contribution in [-0.4, -0.2) is 62.2 Å². The largest absolute Gasteiger partial charge is 0.497 e. The fourth-order valence-electron chi connectivity index (χ4n) is 9.82. The predicted molar refractivity (Wildman–Crippen MR) is 232 cm³/mol. The van der Waals surface area contributed by atoms with E-state index in [1.807, 2.05) is 103 Å². The molecule has 1 N–H and O–H groups in total. The van der Waals surface area contributed by atoms with Crippen molar-refractivity contribution in [3.05, 3.63) is 148 Å². The molecule has 0 aromatic heterocycles. The Morgan fingerprint density at radius 2 is 1.66 bits per heavy atom. The number of fused-ring (bicyclic) bond motifs is 3. The number of carbonyl (C=O) groups excluding carboxylic acids is 3. The number of ether oxygens (including phenoxy) is 2. The van der Waals surface area contributed by atoms with Gasteiger partial charge >= 0.3 is 0 Å². The van der Waals surface area contributed by atoms with Gasteiger partial charge in [0.15, 0.2) is 5.60 Å². The highest BCUT2D eigenvalue weighted by Gasteiger charge is 2.66. The first kappa shape index (κ1) is 39.7. The van der Waals surface area contributed by atoms with Crippen LogP contribution in [0.15, 0.2) is 126 Å². The lowest BCUT2D eigenvalue weighted by Crippen LogP contribution is -2.52. The van der Waals surface area contributed by atoms with Gasteiger partial charge in [0.2, 0.25) is 12.3 Å². The molecule has 0 bridgehead atoms. The van der Waals surface area contributed by atoms with E-state index in [9.17, 15) is 14.7 Å². The Morgan fingerprint density at radius 3 is 2.36 bits per heavy atom. The van der Waals surface area contributed by atoms with Gasteiger partial charge in [-0.25, -0.2) is 0 Å². The quantitative estimate of drug-likeness (QED) is 0.107. The molecule has 3 aliphatic rings. The maximum absolute atomic E-state index is 15.5. The van der Waals surface area contributed by atoms with E-state index in [1.165, 1.54) is 5.19 Å². The first-order valence-corrected chi connectivity index (χ1v) is 23.7. The third-order valence-corrected chi connectivity index (χ3v) is 17.6. The van der Waals surface area contributed by atoms with Crippen molar-refractivity contribution in [2.45, 2.75) is 69.2 Å². The highest BCUT2D eigenvalue weighted by Crippen LogP contribution is 2.60. The lowest BCUT2D eigenvalue weighted by atomic mass is 9.82. The van der Waals surface area contributed by atoms with Gasteiger partial charge in [0.05, 0.1) is 52.6 Å². The van der Waals surface area contributed by atoms with Crippen LogP contribution in [0.25, 0.3) is 0 Å². The van der Waals surface area contributed by atoms with Crippen molar-refractivity contribution in [3.8, 4) is 5.75 Å². The minimum absolute atomic E-state index is 0.0711. The molecule has 5 aromatic carbocycles. The zero-order valence-corrected chi connectivity index (χ0v) is 35.8.